The number of carbonyl (C=O) groups is 1. The Morgan fingerprint density at radius 3 is 2.25 bits per heavy atom. The number of alkyl halides is 3. The number of halogens is 3. The molecule has 0 amide bonds. The molecule has 20 heavy (non-hydrogen) atoms. The summed E-state index contributed by atoms with van der Waals surface area (Å²) in [4.78, 5) is 24.7. The molecule has 2 rings (SSSR count). The third kappa shape index (κ3) is 3.02. The summed E-state index contributed by atoms with van der Waals surface area (Å²) in [6.07, 6.45) is -3.40. The number of aromatic amines is 1. The number of carboxylic acids is 1. The van der Waals surface area contributed by atoms with Crippen LogP contribution in [-0.2, 0) is 0 Å². The number of hydrogen-bond donors (Lipinski definition) is 2. The summed E-state index contributed by atoms with van der Waals surface area (Å²) in [5.41, 5.74) is -0.564. The normalized spacial score (nSPS) is 23.6. The van der Waals surface area contributed by atoms with Crippen molar-refractivity contribution in [3.63, 3.8) is 0 Å². The third-order valence-electron chi connectivity index (χ3n) is 3.79. The lowest BCUT2D eigenvalue weighted by Crippen LogP contribution is -2.28. The van der Waals surface area contributed by atoms with Gasteiger partial charge in [0.15, 0.2) is 0 Å². The molecule has 0 atom stereocenters. The predicted molar refractivity (Wildman–Crippen MR) is 64.8 cm³/mol. The second-order valence-corrected chi connectivity index (χ2v) is 5.05. The van der Waals surface area contributed by atoms with E-state index in [1.165, 1.54) is 12.1 Å². The zero-order valence-corrected chi connectivity index (χ0v) is 10.5. The van der Waals surface area contributed by atoms with E-state index < -0.39 is 23.6 Å². The highest BCUT2D eigenvalue weighted by Crippen LogP contribution is 2.42. The number of H-pyrrole nitrogens is 1. The van der Waals surface area contributed by atoms with Crippen LogP contribution in [0.5, 0.6) is 0 Å². The molecule has 0 unspecified atom stereocenters. The van der Waals surface area contributed by atoms with Gasteiger partial charge in [0.05, 0.1) is 5.92 Å². The molecule has 1 aliphatic rings. The van der Waals surface area contributed by atoms with Crippen molar-refractivity contribution in [2.45, 2.75) is 37.8 Å². The Balaban J connectivity index is 2.10. The highest BCUT2D eigenvalue weighted by molar-refractivity contribution is 5.87. The topological polar surface area (TPSA) is 70.2 Å². The molecule has 110 valence electrons. The Hall–Kier alpha value is -1.79. The number of rotatable bonds is 2. The molecule has 1 saturated carbocycles. The molecule has 0 radical (unpaired) electrons. The van der Waals surface area contributed by atoms with Crippen LogP contribution in [0.3, 0.4) is 0 Å². The van der Waals surface area contributed by atoms with Crippen LogP contribution in [0.2, 0.25) is 0 Å². The number of carboxylic acid groups (broad SMARTS) is 1. The van der Waals surface area contributed by atoms with E-state index in [1.807, 2.05) is 0 Å². The Labute approximate surface area is 112 Å². The summed E-state index contributed by atoms with van der Waals surface area (Å²) in [7, 11) is 0. The summed E-state index contributed by atoms with van der Waals surface area (Å²) in [5.74, 6) is -2.74. The number of nitrogens with one attached hydrogen (secondary N) is 1. The molecule has 0 saturated heterocycles. The maximum atomic E-state index is 12.6. The minimum Gasteiger partial charge on any atom is -0.477 e. The highest BCUT2D eigenvalue weighted by Gasteiger charge is 2.41. The average molecular weight is 289 g/mol. The standard InChI is InChI=1S/C13H14F3NO3/c14-13(15,16)8-3-1-7(2-4-8)10-6-5-9(12(19)20)11(18)17-10/h5-8H,1-4H2,(H,17,18)(H,19,20)/t7-,8+. The Morgan fingerprint density at radius 2 is 1.80 bits per heavy atom. The number of aromatic nitrogens is 1. The molecular formula is C13H14F3NO3. The van der Waals surface area contributed by atoms with Crippen molar-refractivity contribution >= 4 is 5.97 Å². The second-order valence-electron chi connectivity index (χ2n) is 5.05. The fourth-order valence-electron chi connectivity index (χ4n) is 2.63. The molecule has 4 nitrogen and oxygen atoms in total. The van der Waals surface area contributed by atoms with Gasteiger partial charge in [-0.15, -0.1) is 0 Å². The van der Waals surface area contributed by atoms with Crippen molar-refractivity contribution in [3.05, 3.63) is 33.7 Å². The van der Waals surface area contributed by atoms with Gasteiger partial charge in [-0.05, 0) is 43.7 Å². The Bertz CT molecular complexity index is 557. The Kier molecular flexibility index (Phi) is 3.87. The van der Waals surface area contributed by atoms with Crippen molar-refractivity contribution in [2.24, 2.45) is 5.92 Å². The van der Waals surface area contributed by atoms with E-state index in [-0.39, 0.29) is 24.3 Å². The van der Waals surface area contributed by atoms with Crippen molar-refractivity contribution < 1.29 is 23.1 Å². The summed E-state index contributed by atoms with van der Waals surface area (Å²) >= 11 is 0. The van der Waals surface area contributed by atoms with Crippen molar-refractivity contribution in [1.29, 1.82) is 0 Å². The van der Waals surface area contributed by atoms with Crippen LogP contribution < -0.4 is 5.56 Å². The molecule has 1 heterocycles. The molecule has 1 aromatic rings. The molecule has 1 aliphatic carbocycles. The maximum Gasteiger partial charge on any atom is 0.391 e. The van der Waals surface area contributed by atoms with Crippen LogP contribution in [-0.4, -0.2) is 22.2 Å². The molecular weight excluding hydrogens is 275 g/mol. The van der Waals surface area contributed by atoms with Gasteiger partial charge < -0.3 is 10.1 Å². The molecule has 0 spiro atoms. The molecule has 2 N–H and O–H groups in total. The number of hydrogen-bond acceptors (Lipinski definition) is 2. The van der Waals surface area contributed by atoms with Gasteiger partial charge in [-0.1, -0.05) is 0 Å². The van der Waals surface area contributed by atoms with Gasteiger partial charge in [0.1, 0.15) is 5.56 Å². The summed E-state index contributed by atoms with van der Waals surface area (Å²) in [5, 5.41) is 8.75. The fraction of sp³-hybridized carbons (Fsp3) is 0.538. The van der Waals surface area contributed by atoms with Gasteiger partial charge in [-0.25, -0.2) is 4.79 Å². The van der Waals surface area contributed by atoms with Crippen molar-refractivity contribution in [3.8, 4) is 0 Å². The molecule has 0 aromatic carbocycles. The first kappa shape index (κ1) is 14.6. The summed E-state index contributed by atoms with van der Waals surface area (Å²) in [6, 6.07) is 2.68. The highest BCUT2D eigenvalue weighted by atomic mass is 19.4. The van der Waals surface area contributed by atoms with Gasteiger partial charge in [-0.2, -0.15) is 13.2 Å². The van der Waals surface area contributed by atoms with E-state index in [0.717, 1.165) is 0 Å². The minimum absolute atomic E-state index is 0.0386. The van der Waals surface area contributed by atoms with E-state index in [1.54, 1.807) is 0 Å². The van der Waals surface area contributed by atoms with Gasteiger partial charge in [-0.3, -0.25) is 4.79 Å². The fourth-order valence-corrected chi connectivity index (χ4v) is 2.63. The summed E-state index contributed by atoms with van der Waals surface area (Å²) < 4.78 is 37.7. The SMILES string of the molecule is O=C(O)c1ccc([C@H]2CC[C@@H](C(F)(F)F)CC2)[nH]c1=O. The maximum absolute atomic E-state index is 12.6. The molecule has 0 bridgehead atoms. The predicted octanol–water partition coefficient (Wildman–Crippen LogP) is 2.91. The van der Waals surface area contributed by atoms with E-state index in [0.29, 0.717) is 18.5 Å². The lowest BCUT2D eigenvalue weighted by atomic mass is 9.80. The molecule has 0 aliphatic heterocycles. The number of aromatic carboxylic acids is 1. The van der Waals surface area contributed by atoms with Crippen LogP contribution in [0, 0.1) is 5.92 Å². The first-order chi connectivity index (χ1) is 9.29. The summed E-state index contributed by atoms with van der Waals surface area (Å²) in [6.45, 7) is 0. The van der Waals surface area contributed by atoms with E-state index in [2.05, 4.69) is 4.98 Å². The van der Waals surface area contributed by atoms with Gasteiger partial charge >= 0.3 is 12.1 Å². The van der Waals surface area contributed by atoms with Crippen LogP contribution in [0.25, 0.3) is 0 Å². The molecule has 1 fully saturated rings. The second kappa shape index (κ2) is 5.30. The van der Waals surface area contributed by atoms with Gasteiger partial charge in [0, 0.05) is 5.69 Å². The lowest BCUT2D eigenvalue weighted by Gasteiger charge is -2.29. The smallest absolute Gasteiger partial charge is 0.391 e. The minimum atomic E-state index is -4.16. The third-order valence-corrected chi connectivity index (χ3v) is 3.79. The first-order valence-corrected chi connectivity index (χ1v) is 6.32. The van der Waals surface area contributed by atoms with E-state index in [9.17, 15) is 22.8 Å². The zero-order chi connectivity index (χ0) is 14.9. The largest absolute Gasteiger partial charge is 0.477 e. The Morgan fingerprint density at radius 1 is 1.20 bits per heavy atom. The van der Waals surface area contributed by atoms with Gasteiger partial charge in [0.25, 0.3) is 5.56 Å². The zero-order valence-electron chi connectivity index (χ0n) is 10.5. The first-order valence-electron chi connectivity index (χ1n) is 6.32. The number of pyridine rings is 1. The monoisotopic (exact) mass is 289 g/mol. The van der Waals surface area contributed by atoms with Gasteiger partial charge in [0.2, 0.25) is 0 Å². The van der Waals surface area contributed by atoms with Crippen LogP contribution >= 0.6 is 0 Å². The van der Waals surface area contributed by atoms with E-state index in [4.69, 9.17) is 5.11 Å². The lowest BCUT2D eigenvalue weighted by molar-refractivity contribution is -0.182. The van der Waals surface area contributed by atoms with Crippen LogP contribution in [0.4, 0.5) is 13.2 Å². The van der Waals surface area contributed by atoms with Crippen molar-refractivity contribution in [2.75, 3.05) is 0 Å². The van der Waals surface area contributed by atoms with E-state index >= 15 is 0 Å². The average Bonchev–Trinajstić information content (AvgIpc) is 2.37. The van der Waals surface area contributed by atoms with Crippen molar-refractivity contribution in [1.82, 2.24) is 4.98 Å². The van der Waals surface area contributed by atoms with Crippen LogP contribution in [0.15, 0.2) is 16.9 Å². The molecule has 1 aromatic heterocycles. The quantitative estimate of drug-likeness (QED) is 0.879. The van der Waals surface area contributed by atoms with Crippen LogP contribution in [0.1, 0.15) is 47.7 Å². The molecule has 7 heteroatoms.